The summed E-state index contributed by atoms with van der Waals surface area (Å²) < 4.78 is 10.5. The summed E-state index contributed by atoms with van der Waals surface area (Å²) in [5.41, 5.74) is 1.35. The Labute approximate surface area is 109 Å². The molecule has 0 saturated heterocycles. The van der Waals surface area contributed by atoms with Crippen molar-refractivity contribution >= 4 is 27.4 Å². The van der Waals surface area contributed by atoms with Crippen LogP contribution in [-0.4, -0.2) is 36.8 Å². The van der Waals surface area contributed by atoms with E-state index < -0.39 is 0 Å². The minimum Gasteiger partial charge on any atom is -0.383 e. The molecule has 3 heterocycles. The van der Waals surface area contributed by atoms with Crippen LogP contribution in [0.25, 0.3) is 10.2 Å². The summed E-state index contributed by atoms with van der Waals surface area (Å²) in [5.74, 6) is 0.913. The quantitative estimate of drug-likeness (QED) is 0.855. The van der Waals surface area contributed by atoms with Gasteiger partial charge in [-0.05, 0) is 12.0 Å². The van der Waals surface area contributed by atoms with Gasteiger partial charge in [-0.2, -0.15) is 0 Å². The summed E-state index contributed by atoms with van der Waals surface area (Å²) >= 11 is 1.71. The van der Waals surface area contributed by atoms with Gasteiger partial charge in [0.15, 0.2) is 0 Å². The lowest BCUT2D eigenvalue weighted by Crippen LogP contribution is -2.11. The minimum atomic E-state index is 0.668. The van der Waals surface area contributed by atoms with Gasteiger partial charge in [-0.3, -0.25) is 0 Å². The smallest absolute Gasteiger partial charge is 0.138 e. The van der Waals surface area contributed by atoms with Gasteiger partial charge in [0, 0.05) is 18.5 Å². The molecule has 6 heteroatoms. The van der Waals surface area contributed by atoms with Gasteiger partial charge in [0.1, 0.15) is 17.0 Å². The highest BCUT2D eigenvalue weighted by Crippen LogP contribution is 2.36. The topological polar surface area (TPSA) is 56.3 Å². The van der Waals surface area contributed by atoms with E-state index in [1.165, 1.54) is 10.4 Å². The number of ether oxygens (including phenoxy) is 2. The molecule has 0 unspecified atom stereocenters. The molecule has 1 aliphatic heterocycles. The molecular weight excluding hydrogens is 250 g/mol. The number of hydrogen-bond acceptors (Lipinski definition) is 6. The largest absolute Gasteiger partial charge is 0.383 e. The van der Waals surface area contributed by atoms with Crippen molar-refractivity contribution < 1.29 is 9.47 Å². The number of rotatable bonds is 4. The van der Waals surface area contributed by atoms with Crippen LogP contribution in [0.2, 0.25) is 0 Å². The minimum absolute atomic E-state index is 0.668. The number of thiophene rings is 1. The molecule has 0 amide bonds. The fraction of sp³-hybridized carbons (Fsp3) is 0.500. The van der Waals surface area contributed by atoms with Gasteiger partial charge in [-0.15, -0.1) is 11.3 Å². The van der Waals surface area contributed by atoms with E-state index in [0.717, 1.165) is 35.6 Å². The number of hydrogen-bond donors (Lipinski definition) is 1. The van der Waals surface area contributed by atoms with E-state index in [-0.39, 0.29) is 0 Å². The van der Waals surface area contributed by atoms with Gasteiger partial charge >= 0.3 is 0 Å². The molecule has 3 rings (SSSR count). The molecule has 0 radical (unpaired) electrons. The lowest BCUT2D eigenvalue weighted by Gasteiger charge is -2.13. The molecule has 0 bridgehead atoms. The number of fused-ring (bicyclic) bond motifs is 3. The maximum atomic E-state index is 5.49. The molecule has 1 N–H and O–H groups in total. The third kappa shape index (κ3) is 2.07. The van der Waals surface area contributed by atoms with E-state index in [4.69, 9.17) is 9.47 Å². The highest BCUT2D eigenvalue weighted by Gasteiger charge is 2.19. The number of nitrogens with one attached hydrogen (secondary N) is 1. The van der Waals surface area contributed by atoms with Crippen molar-refractivity contribution in [3.63, 3.8) is 0 Å². The van der Waals surface area contributed by atoms with Crippen LogP contribution in [0.15, 0.2) is 6.33 Å². The van der Waals surface area contributed by atoms with Crippen molar-refractivity contribution in [3.8, 4) is 0 Å². The van der Waals surface area contributed by atoms with E-state index in [0.29, 0.717) is 13.2 Å². The van der Waals surface area contributed by atoms with Gasteiger partial charge < -0.3 is 14.8 Å². The zero-order valence-electron chi connectivity index (χ0n) is 10.2. The van der Waals surface area contributed by atoms with Crippen LogP contribution in [-0.2, 0) is 22.5 Å². The molecule has 2 aromatic rings. The highest BCUT2D eigenvalue weighted by atomic mass is 32.1. The van der Waals surface area contributed by atoms with Crippen LogP contribution in [0.5, 0.6) is 0 Å². The van der Waals surface area contributed by atoms with Crippen LogP contribution >= 0.6 is 11.3 Å². The van der Waals surface area contributed by atoms with Crippen LogP contribution in [0.1, 0.15) is 10.4 Å². The Morgan fingerprint density at radius 2 is 2.44 bits per heavy atom. The molecule has 0 spiro atoms. The number of methoxy groups -OCH3 is 1. The number of nitrogens with zero attached hydrogens (tertiary/aromatic N) is 2. The Hall–Kier alpha value is -1.24. The maximum absolute atomic E-state index is 5.49. The molecule has 0 aromatic carbocycles. The van der Waals surface area contributed by atoms with E-state index in [9.17, 15) is 0 Å². The van der Waals surface area contributed by atoms with Crippen LogP contribution < -0.4 is 5.32 Å². The van der Waals surface area contributed by atoms with Crippen molar-refractivity contribution in [2.45, 2.75) is 13.0 Å². The molecule has 18 heavy (non-hydrogen) atoms. The van der Waals surface area contributed by atoms with Gasteiger partial charge in [-0.1, -0.05) is 0 Å². The molecule has 0 atom stereocenters. The summed E-state index contributed by atoms with van der Waals surface area (Å²) in [4.78, 5) is 11.0. The lowest BCUT2D eigenvalue weighted by molar-refractivity contribution is 0.114. The highest BCUT2D eigenvalue weighted by molar-refractivity contribution is 7.18. The normalized spacial score (nSPS) is 14.7. The van der Waals surface area contributed by atoms with Crippen molar-refractivity contribution in [3.05, 3.63) is 16.8 Å². The second kappa shape index (κ2) is 5.17. The summed E-state index contributed by atoms with van der Waals surface area (Å²) in [6, 6.07) is 0. The second-order valence-corrected chi connectivity index (χ2v) is 5.21. The first-order chi connectivity index (χ1) is 8.90. The maximum Gasteiger partial charge on any atom is 0.138 e. The van der Waals surface area contributed by atoms with Crippen molar-refractivity contribution in [2.24, 2.45) is 0 Å². The molecule has 0 fully saturated rings. The van der Waals surface area contributed by atoms with E-state index >= 15 is 0 Å². The predicted octanol–water partition coefficient (Wildman–Crippen LogP) is 1.82. The van der Waals surface area contributed by atoms with Crippen LogP contribution in [0.3, 0.4) is 0 Å². The Morgan fingerprint density at radius 1 is 1.50 bits per heavy atom. The predicted molar refractivity (Wildman–Crippen MR) is 71.1 cm³/mol. The van der Waals surface area contributed by atoms with Crippen LogP contribution in [0, 0.1) is 0 Å². The molecule has 0 saturated carbocycles. The first-order valence-corrected chi connectivity index (χ1v) is 6.77. The average molecular weight is 265 g/mol. The zero-order valence-corrected chi connectivity index (χ0v) is 11.0. The van der Waals surface area contributed by atoms with Gasteiger partial charge in [0.05, 0.1) is 25.2 Å². The summed E-state index contributed by atoms with van der Waals surface area (Å²) in [6.45, 7) is 2.91. The lowest BCUT2D eigenvalue weighted by atomic mass is 10.1. The van der Waals surface area contributed by atoms with Crippen molar-refractivity contribution in [1.82, 2.24) is 9.97 Å². The molecule has 0 aliphatic carbocycles. The van der Waals surface area contributed by atoms with Crippen molar-refractivity contribution in [1.29, 1.82) is 0 Å². The Kier molecular flexibility index (Phi) is 3.40. The SMILES string of the molecule is COCCNc1ncnc2sc3c(c12)CCOC3. The standard InChI is InChI=1S/C12H15N3O2S/c1-16-5-3-13-11-10-8-2-4-17-6-9(8)18-12(10)15-7-14-11/h7H,2-6H2,1H3,(H,13,14,15). The average Bonchev–Trinajstić information content (AvgIpc) is 2.78. The van der Waals surface area contributed by atoms with Gasteiger partial charge in [0.2, 0.25) is 0 Å². The summed E-state index contributed by atoms with van der Waals surface area (Å²) in [5, 5.41) is 4.48. The zero-order chi connectivity index (χ0) is 12.4. The van der Waals surface area contributed by atoms with E-state index in [1.54, 1.807) is 24.8 Å². The van der Waals surface area contributed by atoms with Gasteiger partial charge in [-0.25, -0.2) is 9.97 Å². The van der Waals surface area contributed by atoms with Crippen molar-refractivity contribution in [2.75, 3.05) is 32.2 Å². The monoisotopic (exact) mass is 265 g/mol. The first-order valence-electron chi connectivity index (χ1n) is 5.96. The Balaban J connectivity index is 2.00. The first kappa shape index (κ1) is 11.8. The fourth-order valence-electron chi connectivity index (χ4n) is 2.16. The molecule has 1 aliphatic rings. The molecule has 2 aromatic heterocycles. The fourth-order valence-corrected chi connectivity index (χ4v) is 3.29. The van der Waals surface area contributed by atoms with Gasteiger partial charge in [0.25, 0.3) is 0 Å². The molecule has 96 valence electrons. The number of aromatic nitrogens is 2. The summed E-state index contributed by atoms with van der Waals surface area (Å²) in [6.07, 6.45) is 2.56. The third-order valence-corrected chi connectivity index (χ3v) is 4.11. The Bertz CT molecular complexity index is 555. The molecular formula is C12H15N3O2S. The van der Waals surface area contributed by atoms with E-state index in [2.05, 4.69) is 15.3 Å². The van der Waals surface area contributed by atoms with E-state index in [1.807, 2.05) is 0 Å². The third-order valence-electron chi connectivity index (χ3n) is 3.00. The second-order valence-electron chi connectivity index (χ2n) is 4.13. The number of anilines is 1. The Morgan fingerprint density at radius 3 is 3.33 bits per heavy atom. The van der Waals surface area contributed by atoms with Crippen LogP contribution in [0.4, 0.5) is 5.82 Å². The molecule has 5 nitrogen and oxygen atoms in total. The summed E-state index contributed by atoms with van der Waals surface area (Å²) in [7, 11) is 1.70.